The Morgan fingerprint density at radius 3 is 1.90 bits per heavy atom. The maximum atomic E-state index is 12.2. The average Bonchev–Trinajstić information content (AvgIpc) is 2.35. The van der Waals surface area contributed by atoms with Gasteiger partial charge >= 0.3 is 0 Å². The molecule has 120 valence electrons. The van der Waals surface area contributed by atoms with Crippen LogP contribution in [0.15, 0.2) is 0 Å². The van der Waals surface area contributed by atoms with Gasteiger partial charge in [-0.2, -0.15) is 0 Å². The second-order valence-corrected chi connectivity index (χ2v) is 8.71. The van der Waals surface area contributed by atoms with Crippen molar-refractivity contribution in [3.05, 3.63) is 0 Å². The molecule has 0 unspecified atom stereocenters. The monoisotopic (exact) mass is 293 g/mol. The highest BCUT2D eigenvalue weighted by molar-refractivity contribution is 5.80. The van der Waals surface area contributed by atoms with E-state index < -0.39 is 0 Å². The molecule has 0 aromatic carbocycles. The van der Waals surface area contributed by atoms with E-state index in [4.69, 9.17) is 0 Å². The van der Waals surface area contributed by atoms with Gasteiger partial charge in [0.25, 0.3) is 5.91 Å². The first-order valence-corrected chi connectivity index (χ1v) is 9.03. The molecule has 0 aromatic heterocycles. The summed E-state index contributed by atoms with van der Waals surface area (Å²) < 4.78 is 0. The van der Waals surface area contributed by atoms with Crippen molar-refractivity contribution in [2.75, 3.05) is 0 Å². The minimum absolute atomic E-state index is 0.0374. The van der Waals surface area contributed by atoms with Gasteiger partial charge < -0.3 is 10.6 Å². The van der Waals surface area contributed by atoms with Gasteiger partial charge in [-0.05, 0) is 84.0 Å². The van der Waals surface area contributed by atoms with Crippen LogP contribution in [0.2, 0.25) is 0 Å². The molecule has 3 nitrogen and oxygen atoms in total. The molecule has 4 rings (SSSR count). The molecule has 0 heterocycles. The van der Waals surface area contributed by atoms with Crippen LogP contribution in [0.25, 0.3) is 0 Å². The first kappa shape index (κ1) is 15.3. The molecule has 0 aromatic rings. The van der Waals surface area contributed by atoms with Crippen molar-refractivity contribution < 1.29 is 10.1 Å². The van der Waals surface area contributed by atoms with Gasteiger partial charge in [-0.15, -0.1) is 0 Å². The maximum Gasteiger partial charge on any atom is 0.278 e. The van der Waals surface area contributed by atoms with Crippen molar-refractivity contribution >= 4 is 5.91 Å². The van der Waals surface area contributed by atoms with Crippen molar-refractivity contribution in [1.29, 1.82) is 0 Å². The number of amides is 1. The SMILES string of the molecule is CC(C)NC(=O)[C@H](C)[NH2+][C@H](C)C12CC3CC(CC(C3)C1)C2. The summed E-state index contributed by atoms with van der Waals surface area (Å²) in [6.07, 6.45) is 8.76. The van der Waals surface area contributed by atoms with Gasteiger partial charge in [-0.3, -0.25) is 4.79 Å². The first-order valence-electron chi connectivity index (χ1n) is 9.03. The van der Waals surface area contributed by atoms with Crippen molar-refractivity contribution in [3.63, 3.8) is 0 Å². The summed E-state index contributed by atoms with van der Waals surface area (Å²) in [5.41, 5.74) is 0.529. The second kappa shape index (κ2) is 5.57. The fraction of sp³-hybridized carbons (Fsp3) is 0.944. The third-order valence-electron chi connectivity index (χ3n) is 6.47. The Labute approximate surface area is 129 Å². The molecule has 4 aliphatic rings. The van der Waals surface area contributed by atoms with Crippen LogP contribution in [0.4, 0.5) is 0 Å². The highest BCUT2D eigenvalue weighted by Crippen LogP contribution is 2.60. The Balaban J connectivity index is 1.62. The van der Waals surface area contributed by atoms with E-state index in [2.05, 4.69) is 24.5 Å². The number of rotatable bonds is 5. The fourth-order valence-corrected chi connectivity index (χ4v) is 5.88. The van der Waals surface area contributed by atoms with Gasteiger partial charge in [0.2, 0.25) is 0 Å². The Morgan fingerprint density at radius 1 is 1.00 bits per heavy atom. The van der Waals surface area contributed by atoms with Crippen LogP contribution >= 0.6 is 0 Å². The van der Waals surface area contributed by atoms with Gasteiger partial charge in [-0.25, -0.2) is 0 Å². The van der Waals surface area contributed by atoms with Crippen LogP contribution in [-0.2, 0) is 4.79 Å². The number of nitrogens with one attached hydrogen (secondary N) is 1. The lowest BCUT2D eigenvalue weighted by molar-refractivity contribution is -0.719. The summed E-state index contributed by atoms with van der Waals surface area (Å²) in [4.78, 5) is 12.2. The third-order valence-corrected chi connectivity index (χ3v) is 6.47. The summed E-state index contributed by atoms with van der Waals surface area (Å²) in [5, 5.41) is 5.40. The Bertz CT molecular complexity index is 369. The number of nitrogens with two attached hydrogens (primary N) is 1. The summed E-state index contributed by atoms with van der Waals surface area (Å²) in [5.74, 6) is 3.17. The predicted molar refractivity (Wildman–Crippen MR) is 84.7 cm³/mol. The van der Waals surface area contributed by atoms with Crippen LogP contribution < -0.4 is 10.6 Å². The molecule has 0 spiro atoms. The lowest BCUT2D eigenvalue weighted by Crippen LogP contribution is -2.98. The Kier molecular flexibility index (Phi) is 4.06. The fourth-order valence-electron chi connectivity index (χ4n) is 5.88. The minimum Gasteiger partial charge on any atom is -0.349 e. The van der Waals surface area contributed by atoms with Crippen molar-refractivity contribution in [2.24, 2.45) is 23.2 Å². The number of quaternary nitrogens is 1. The predicted octanol–water partition coefficient (Wildman–Crippen LogP) is 2.07. The summed E-state index contributed by atoms with van der Waals surface area (Å²) >= 11 is 0. The molecule has 0 radical (unpaired) electrons. The number of hydrogen-bond acceptors (Lipinski definition) is 1. The molecule has 4 aliphatic carbocycles. The normalized spacial score (nSPS) is 40.3. The van der Waals surface area contributed by atoms with Gasteiger partial charge in [-0.1, -0.05) is 0 Å². The topological polar surface area (TPSA) is 45.7 Å². The summed E-state index contributed by atoms with van der Waals surface area (Å²) in [6.45, 7) is 8.52. The molecular weight excluding hydrogens is 260 g/mol. The quantitative estimate of drug-likeness (QED) is 0.801. The molecular formula is C18H33N2O+. The van der Waals surface area contributed by atoms with Gasteiger partial charge in [0.05, 0.1) is 6.04 Å². The number of carbonyl (C=O) groups excluding carboxylic acids is 1. The zero-order valence-electron chi connectivity index (χ0n) is 14.2. The summed E-state index contributed by atoms with van der Waals surface area (Å²) in [7, 11) is 0. The average molecular weight is 293 g/mol. The van der Waals surface area contributed by atoms with Gasteiger partial charge in [0.15, 0.2) is 6.04 Å². The zero-order chi connectivity index (χ0) is 15.2. The van der Waals surface area contributed by atoms with E-state index in [9.17, 15) is 4.79 Å². The highest BCUT2D eigenvalue weighted by atomic mass is 16.2. The molecule has 0 saturated heterocycles. The lowest BCUT2D eigenvalue weighted by atomic mass is 9.48. The van der Waals surface area contributed by atoms with E-state index in [1.165, 1.54) is 38.5 Å². The van der Waals surface area contributed by atoms with Gasteiger partial charge in [0.1, 0.15) is 0 Å². The van der Waals surface area contributed by atoms with E-state index in [1.807, 2.05) is 13.8 Å². The largest absolute Gasteiger partial charge is 0.349 e. The van der Waals surface area contributed by atoms with Crippen LogP contribution in [0.1, 0.15) is 66.2 Å². The lowest BCUT2D eigenvalue weighted by Gasteiger charge is -2.58. The number of hydrogen-bond donors (Lipinski definition) is 2. The van der Waals surface area contributed by atoms with Crippen LogP contribution in [0, 0.1) is 23.2 Å². The van der Waals surface area contributed by atoms with Gasteiger partial charge in [0, 0.05) is 11.5 Å². The molecule has 21 heavy (non-hydrogen) atoms. The molecule has 3 N–H and O–H groups in total. The first-order chi connectivity index (χ1) is 9.88. The molecule has 4 bridgehead atoms. The maximum absolute atomic E-state index is 12.2. The molecule has 1 amide bonds. The van der Waals surface area contributed by atoms with E-state index in [1.54, 1.807) is 0 Å². The molecule has 4 saturated carbocycles. The molecule has 0 aliphatic heterocycles. The standard InChI is InChI=1S/C18H32N2O/c1-11(2)19-17(21)12(3)20-13(4)18-8-14-5-15(9-18)7-16(6-14)10-18/h11-16,20H,5-10H2,1-4H3,(H,19,21)/p+1/t12-,13+,14?,15?,16?,18?/m0/s1. The molecule has 2 atom stereocenters. The van der Waals surface area contributed by atoms with E-state index in [0.29, 0.717) is 11.5 Å². The highest BCUT2D eigenvalue weighted by Gasteiger charge is 2.54. The number of carbonyl (C=O) groups is 1. The van der Waals surface area contributed by atoms with E-state index in [0.717, 1.165) is 17.8 Å². The van der Waals surface area contributed by atoms with Crippen LogP contribution in [0.5, 0.6) is 0 Å². The molecule has 3 heteroatoms. The minimum atomic E-state index is 0.0374. The third kappa shape index (κ3) is 2.99. The Hall–Kier alpha value is -0.570. The molecule has 4 fully saturated rings. The van der Waals surface area contributed by atoms with Crippen LogP contribution in [-0.4, -0.2) is 24.0 Å². The van der Waals surface area contributed by atoms with Crippen molar-refractivity contribution in [3.8, 4) is 0 Å². The van der Waals surface area contributed by atoms with E-state index in [-0.39, 0.29) is 18.0 Å². The van der Waals surface area contributed by atoms with Crippen molar-refractivity contribution in [2.45, 2.75) is 84.3 Å². The zero-order valence-corrected chi connectivity index (χ0v) is 14.2. The van der Waals surface area contributed by atoms with Crippen LogP contribution in [0.3, 0.4) is 0 Å². The second-order valence-electron chi connectivity index (χ2n) is 8.71. The Morgan fingerprint density at radius 2 is 1.48 bits per heavy atom. The smallest absolute Gasteiger partial charge is 0.278 e. The summed E-state index contributed by atoms with van der Waals surface area (Å²) in [6, 6.07) is 0.859. The van der Waals surface area contributed by atoms with Crippen molar-refractivity contribution in [1.82, 2.24) is 5.32 Å². The van der Waals surface area contributed by atoms with E-state index >= 15 is 0 Å².